The maximum absolute atomic E-state index is 13.0. The van der Waals surface area contributed by atoms with E-state index in [9.17, 15) is 13.2 Å². The number of nitrogens with two attached hydrogens (primary N) is 1. The minimum Gasteiger partial charge on any atom is -0.381 e. The monoisotopic (exact) mass is 288 g/mol. The second kappa shape index (κ2) is 6.56. The molecule has 20 heavy (non-hydrogen) atoms. The summed E-state index contributed by atoms with van der Waals surface area (Å²) < 4.78 is 44.3. The van der Waals surface area contributed by atoms with E-state index in [-0.39, 0.29) is 23.9 Å². The minimum atomic E-state index is -4.33. The van der Waals surface area contributed by atoms with Crippen LogP contribution in [0.4, 0.5) is 13.2 Å². The molecule has 0 spiro atoms. The highest BCUT2D eigenvalue weighted by Crippen LogP contribution is 2.33. The summed E-state index contributed by atoms with van der Waals surface area (Å²) in [5.74, 6) is 5.67. The van der Waals surface area contributed by atoms with E-state index >= 15 is 0 Å². The highest BCUT2D eigenvalue weighted by Gasteiger charge is 2.34. The standard InChI is InChI=1S/C14H19F3N2O/c15-14(16,17)12-6-2-1-4-10(12)8-13(19-18)11-5-3-7-20-9-11/h1-2,4,6,11,13,19H,3,5,7-9,18H2. The Labute approximate surface area is 116 Å². The van der Waals surface area contributed by atoms with Gasteiger partial charge in [-0.2, -0.15) is 13.2 Å². The molecular formula is C14H19F3N2O. The van der Waals surface area contributed by atoms with Crippen molar-refractivity contribution in [2.75, 3.05) is 13.2 Å². The van der Waals surface area contributed by atoms with Crippen LogP contribution in [0.25, 0.3) is 0 Å². The number of benzene rings is 1. The first-order valence-electron chi connectivity index (χ1n) is 6.71. The molecule has 1 aliphatic heterocycles. The van der Waals surface area contributed by atoms with Gasteiger partial charge >= 0.3 is 6.18 Å². The molecule has 1 aromatic carbocycles. The summed E-state index contributed by atoms with van der Waals surface area (Å²) in [5, 5.41) is 0. The Morgan fingerprint density at radius 3 is 2.70 bits per heavy atom. The summed E-state index contributed by atoms with van der Waals surface area (Å²) in [5.41, 5.74) is 2.34. The van der Waals surface area contributed by atoms with Crippen LogP contribution in [0, 0.1) is 5.92 Å². The van der Waals surface area contributed by atoms with E-state index in [1.807, 2.05) is 0 Å². The van der Waals surface area contributed by atoms with Gasteiger partial charge in [0.2, 0.25) is 0 Å². The van der Waals surface area contributed by atoms with Gasteiger partial charge in [-0.15, -0.1) is 0 Å². The summed E-state index contributed by atoms with van der Waals surface area (Å²) in [6.45, 7) is 1.26. The van der Waals surface area contributed by atoms with E-state index in [1.165, 1.54) is 12.1 Å². The van der Waals surface area contributed by atoms with Crippen molar-refractivity contribution in [3.05, 3.63) is 35.4 Å². The fourth-order valence-corrected chi connectivity index (χ4v) is 2.66. The van der Waals surface area contributed by atoms with Crippen LogP contribution in [0.5, 0.6) is 0 Å². The topological polar surface area (TPSA) is 47.3 Å². The summed E-state index contributed by atoms with van der Waals surface area (Å²) in [6.07, 6.45) is -2.24. The fourth-order valence-electron chi connectivity index (χ4n) is 2.66. The first-order valence-corrected chi connectivity index (χ1v) is 6.71. The molecule has 0 saturated carbocycles. The molecule has 6 heteroatoms. The molecule has 0 amide bonds. The molecular weight excluding hydrogens is 269 g/mol. The number of nitrogens with one attached hydrogen (secondary N) is 1. The number of hydrazine groups is 1. The van der Waals surface area contributed by atoms with Gasteiger partial charge in [0.1, 0.15) is 0 Å². The Morgan fingerprint density at radius 1 is 1.35 bits per heavy atom. The second-order valence-corrected chi connectivity index (χ2v) is 5.11. The SMILES string of the molecule is NNC(Cc1ccccc1C(F)(F)F)C1CCCOC1. The van der Waals surface area contributed by atoms with Crippen molar-refractivity contribution in [3.63, 3.8) is 0 Å². The molecule has 2 rings (SSSR count). The van der Waals surface area contributed by atoms with Gasteiger partial charge in [-0.1, -0.05) is 18.2 Å². The first kappa shape index (κ1) is 15.3. The maximum atomic E-state index is 13.0. The Bertz CT molecular complexity index is 431. The van der Waals surface area contributed by atoms with Gasteiger partial charge in [-0.05, 0) is 36.8 Å². The Balaban J connectivity index is 2.15. The van der Waals surface area contributed by atoms with Crippen LogP contribution < -0.4 is 11.3 Å². The molecule has 3 N–H and O–H groups in total. The smallest absolute Gasteiger partial charge is 0.381 e. The Morgan fingerprint density at radius 2 is 2.10 bits per heavy atom. The average Bonchev–Trinajstić information content (AvgIpc) is 2.45. The number of alkyl halides is 3. The zero-order chi connectivity index (χ0) is 14.6. The third-order valence-corrected chi connectivity index (χ3v) is 3.74. The lowest BCUT2D eigenvalue weighted by molar-refractivity contribution is -0.138. The average molecular weight is 288 g/mol. The molecule has 1 heterocycles. The predicted molar refractivity (Wildman–Crippen MR) is 69.8 cm³/mol. The zero-order valence-electron chi connectivity index (χ0n) is 11.1. The molecule has 2 unspecified atom stereocenters. The van der Waals surface area contributed by atoms with Gasteiger partial charge in [0.25, 0.3) is 0 Å². The van der Waals surface area contributed by atoms with Gasteiger partial charge < -0.3 is 4.74 Å². The second-order valence-electron chi connectivity index (χ2n) is 5.11. The van der Waals surface area contributed by atoms with E-state index in [0.29, 0.717) is 13.2 Å². The number of hydrogen-bond donors (Lipinski definition) is 2. The summed E-state index contributed by atoms with van der Waals surface area (Å²) in [4.78, 5) is 0. The van der Waals surface area contributed by atoms with Crippen LogP contribution in [0.1, 0.15) is 24.0 Å². The first-order chi connectivity index (χ1) is 9.52. The van der Waals surface area contributed by atoms with E-state index in [4.69, 9.17) is 10.6 Å². The Kier molecular flexibility index (Phi) is 5.01. The van der Waals surface area contributed by atoms with E-state index < -0.39 is 11.7 Å². The molecule has 112 valence electrons. The predicted octanol–water partition coefficient (Wildman–Crippen LogP) is 2.51. The lowest BCUT2D eigenvalue weighted by Gasteiger charge is -2.30. The molecule has 1 saturated heterocycles. The van der Waals surface area contributed by atoms with Gasteiger partial charge in [0, 0.05) is 12.6 Å². The Hall–Kier alpha value is -1.11. The third kappa shape index (κ3) is 3.71. The van der Waals surface area contributed by atoms with Crippen molar-refractivity contribution in [1.82, 2.24) is 5.43 Å². The number of rotatable bonds is 4. The van der Waals surface area contributed by atoms with Gasteiger partial charge in [-0.3, -0.25) is 11.3 Å². The fraction of sp³-hybridized carbons (Fsp3) is 0.571. The molecule has 1 fully saturated rings. The summed E-state index contributed by atoms with van der Waals surface area (Å²) >= 11 is 0. The third-order valence-electron chi connectivity index (χ3n) is 3.74. The molecule has 0 aromatic heterocycles. The molecule has 1 aliphatic rings. The summed E-state index contributed by atoms with van der Waals surface area (Å²) in [6, 6.07) is 5.44. The van der Waals surface area contributed by atoms with Crippen LogP contribution in [0.3, 0.4) is 0 Å². The van der Waals surface area contributed by atoms with Crippen molar-refractivity contribution in [3.8, 4) is 0 Å². The molecule has 2 atom stereocenters. The number of hydrogen-bond acceptors (Lipinski definition) is 3. The summed E-state index contributed by atoms with van der Waals surface area (Å²) in [7, 11) is 0. The van der Waals surface area contributed by atoms with Gasteiger partial charge in [-0.25, -0.2) is 0 Å². The van der Waals surface area contributed by atoms with Crippen LogP contribution in [-0.4, -0.2) is 19.3 Å². The highest BCUT2D eigenvalue weighted by atomic mass is 19.4. The normalized spacial score (nSPS) is 21.7. The van der Waals surface area contributed by atoms with Crippen LogP contribution in [-0.2, 0) is 17.3 Å². The lowest BCUT2D eigenvalue weighted by Crippen LogP contribution is -2.45. The molecule has 0 radical (unpaired) electrons. The quantitative estimate of drug-likeness (QED) is 0.661. The largest absolute Gasteiger partial charge is 0.416 e. The van der Waals surface area contributed by atoms with Crippen molar-refractivity contribution in [2.45, 2.75) is 31.5 Å². The lowest BCUT2D eigenvalue weighted by atomic mass is 9.88. The van der Waals surface area contributed by atoms with E-state index in [0.717, 1.165) is 18.9 Å². The van der Waals surface area contributed by atoms with Gasteiger partial charge in [0.15, 0.2) is 0 Å². The van der Waals surface area contributed by atoms with Crippen LogP contribution in [0.2, 0.25) is 0 Å². The van der Waals surface area contributed by atoms with Crippen molar-refractivity contribution < 1.29 is 17.9 Å². The highest BCUT2D eigenvalue weighted by molar-refractivity contribution is 5.30. The molecule has 0 bridgehead atoms. The zero-order valence-corrected chi connectivity index (χ0v) is 11.1. The van der Waals surface area contributed by atoms with Crippen molar-refractivity contribution >= 4 is 0 Å². The number of halogens is 3. The van der Waals surface area contributed by atoms with Gasteiger partial charge in [0.05, 0.1) is 12.2 Å². The van der Waals surface area contributed by atoms with Crippen LogP contribution >= 0.6 is 0 Å². The van der Waals surface area contributed by atoms with Crippen molar-refractivity contribution in [2.24, 2.45) is 11.8 Å². The minimum absolute atomic E-state index is 0.148. The van der Waals surface area contributed by atoms with E-state index in [2.05, 4.69) is 5.43 Å². The molecule has 1 aromatic rings. The van der Waals surface area contributed by atoms with Crippen LogP contribution in [0.15, 0.2) is 24.3 Å². The van der Waals surface area contributed by atoms with Crippen molar-refractivity contribution in [1.29, 1.82) is 0 Å². The number of ether oxygens (including phenoxy) is 1. The molecule has 3 nitrogen and oxygen atoms in total. The maximum Gasteiger partial charge on any atom is 0.416 e. The molecule has 0 aliphatic carbocycles. The van der Waals surface area contributed by atoms with E-state index in [1.54, 1.807) is 6.07 Å².